The van der Waals surface area contributed by atoms with Crippen molar-refractivity contribution in [3.05, 3.63) is 11.7 Å². The van der Waals surface area contributed by atoms with Crippen molar-refractivity contribution in [3.8, 4) is 0 Å². The molecule has 5 nitrogen and oxygen atoms in total. The maximum absolute atomic E-state index is 5.68. The standard InChI is InChI=1S/C14H25N3O2/c1-6-18-13(4,5)11-16-12(19-17-11)14(10(2)3)7-8-15-9-14/h10,15H,6-9H2,1-5H3. The summed E-state index contributed by atoms with van der Waals surface area (Å²) in [6.07, 6.45) is 1.04. The SMILES string of the molecule is CCOC(C)(C)c1noc(C2(C(C)C)CCNC2)n1. The molecule has 0 radical (unpaired) electrons. The second kappa shape index (κ2) is 5.21. The molecule has 1 atom stereocenters. The van der Waals surface area contributed by atoms with Gasteiger partial charge in [0.2, 0.25) is 11.7 Å². The molecule has 2 rings (SSSR count). The third-order valence-corrected chi connectivity index (χ3v) is 4.19. The van der Waals surface area contributed by atoms with Crippen molar-refractivity contribution >= 4 is 0 Å². The largest absolute Gasteiger partial charge is 0.368 e. The number of aromatic nitrogens is 2. The van der Waals surface area contributed by atoms with Crippen LogP contribution in [-0.2, 0) is 15.8 Å². The molecule has 19 heavy (non-hydrogen) atoms. The van der Waals surface area contributed by atoms with Crippen LogP contribution in [0.4, 0.5) is 0 Å². The van der Waals surface area contributed by atoms with Crippen LogP contribution in [0.2, 0.25) is 0 Å². The fourth-order valence-electron chi connectivity index (χ4n) is 2.73. The lowest BCUT2D eigenvalue weighted by atomic mass is 9.76. The van der Waals surface area contributed by atoms with Crippen molar-refractivity contribution in [2.75, 3.05) is 19.7 Å². The fourth-order valence-corrected chi connectivity index (χ4v) is 2.73. The van der Waals surface area contributed by atoms with Gasteiger partial charge < -0.3 is 14.6 Å². The summed E-state index contributed by atoms with van der Waals surface area (Å²) in [5.41, 5.74) is -0.533. The quantitative estimate of drug-likeness (QED) is 0.886. The predicted molar refractivity (Wildman–Crippen MR) is 73.0 cm³/mol. The highest BCUT2D eigenvalue weighted by Gasteiger charge is 2.44. The van der Waals surface area contributed by atoms with Gasteiger partial charge in [0.25, 0.3) is 0 Å². The molecule has 1 unspecified atom stereocenters. The Balaban J connectivity index is 2.30. The Bertz CT molecular complexity index is 420. The minimum Gasteiger partial charge on any atom is -0.368 e. The summed E-state index contributed by atoms with van der Waals surface area (Å²) in [6.45, 7) is 12.9. The molecule has 1 N–H and O–H groups in total. The average Bonchev–Trinajstić information content (AvgIpc) is 2.99. The zero-order chi connectivity index (χ0) is 14.1. The van der Waals surface area contributed by atoms with E-state index in [1.165, 1.54) is 0 Å². The Kier molecular flexibility index (Phi) is 3.97. The first kappa shape index (κ1) is 14.5. The van der Waals surface area contributed by atoms with E-state index in [1.807, 2.05) is 20.8 Å². The van der Waals surface area contributed by atoms with Gasteiger partial charge in [-0.15, -0.1) is 0 Å². The summed E-state index contributed by atoms with van der Waals surface area (Å²) >= 11 is 0. The number of ether oxygens (including phenoxy) is 1. The van der Waals surface area contributed by atoms with Crippen molar-refractivity contribution in [2.45, 2.75) is 52.1 Å². The first-order valence-corrected chi connectivity index (χ1v) is 7.12. The molecule has 1 aromatic heterocycles. The molecule has 1 saturated heterocycles. The number of hydrogen-bond acceptors (Lipinski definition) is 5. The van der Waals surface area contributed by atoms with Gasteiger partial charge in [0.15, 0.2) is 0 Å². The molecule has 0 amide bonds. The van der Waals surface area contributed by atoms with Gasteiger partial charge in [-0.3, -0.25) is 0 Å². The van der Waals surface area contributed by atoms with Crippen molar-refractivity contribution in [2.24, 2.45) is 5.92 Å². The highest BCUT2D eigenvalue weighted by atomic mass is 16.5. The van der Waals surface area contributed by atoms with E-state index in [0.717, 1.165) is 25.4 Å². The molecule has 1 aliphatic rings. The van der Waals surface area contributed by atoms with E-state index in [2.05, 4.69) is 29.3 Å². The van der Waals surface area contributed by atoms with Gasteiger partial charge in [0, 0.05) is 13.2 Å². The molecule has 2 heterocycles. The van der Waals surface area contributed by atoms with Crippen molar-refractivity contribution in [3.63, 3.8) is 0 Å². The van der Waals surface area contributed by atoms with Crippen LogP contribution in [0, 0.1) is 5.92 Å². The van der Waals surface area contributed by atoms with Crippen LogP contribution in [-0.4, -0.2) is 29.8 Å². The van der Waals surface area contributed by atoms with Gasteiger partial charge >= 0.3 is 0 Å². The van der Waals surface area contributed by atoms with Crippen LogP contribution in [0.3, 0.4) is 0 Å². The predicted octanol–water partition coefficient (Wildman–Crippen LogP) is 2.23. The molecule has 108 valence electrons. The number of nitrogens with zero attached hydrogens (tertiary/aromatic N) is 2. The van der Waals surface area contributed by atoms with E-state index in [1.54, 1.807) is 0 Å². The lowest BCUT2D eigenvalue weighted by Gasteiger charge is -2.28. The van der Waals surface area contributed by atoms with Crippen LogP contribution >= 0.6 is 0 Å². The summed E-state index contributed by atoms with van der Waals surface area (Å²) in [6, 6.07) is 0. The van der Waals surface area contributed by atoms with Crippen molar-refractivity contribution in [1.29, 1.82) is 0 Å². The molecule has 0 spiro atoms. The second-order valence-electron chi connectivity index (χ2n) is 6.10. The number of nitrogens with one attached hydrogen (secondary N) is 1. The number of hydrogen-bond donors (Lipinski definition) is 1. The van der Waals surface area contributed by atoms with Crippen molar-refractivity contribution in [1.82, 2.24) is 15.5 Å². The summed E-state index contributed by atoms with van der Waals surface area (Å²) in [5, 5.41) is 7.55. The monoisotopic (exact) mass is 267 g/mol. The van der Waals surface area contributed by atoms with Gasteiger partial charge in [0.05, 0.1) is 5.41 Å². The van der Waals surface area contributed by atoms with E-state index < -0.39 is 5.60 Å². The zero-order valence-corrected chi connectivity index (χ0v) is 12.6. The van der Waals surface area contributed by atoms with Gasteiger partial charge in [-0.1, -0.05) is 19.0 Å². The Labute approximate surface area is 115 Å². The third kappa shape index (κ3) is 2.54. The Morgan fingerprint density at radius 2 is 2.21 bits per heavy atom. The van der Waals surface area contributed by atoms with Crippen LogP contribution in [0.15, 0.2) is 4.52 Å². The molecule has 0 saturated carbocycles. The molecule has 0 bridgehead atoms. The molecule has 1 fully saturated rings. The van der Waals surface area contributed by atoms with E-state index >= 15 is 0 Å². The van der Waals surface area contributed by atoms with E-state index in [9.17, 15) is 0 Å². The van der Waals surface area contributed by atoms with E-state index in [-0.39, 0.29) is 5.41 Å². The van der Waals surface area contributed by atoms with Gasteiger partial charge in [-0.2, -0.15) is 4.98 Å². The molecule has 0 aliphatic carbocycles. The first-order valence-electron chi connectivity index (χ1n) is 7.12. The number of rotatable bonds is 5. The Morgan fingerprint density at radius 3 is 2.74 bits per heavy atom. The van der Waals surface area contributed by atoms with Crippen LogP contribution in [0.5, 0.6) is 0 Å². The highest BCUT2D eigenvalue weighted by Crippen LogP contribution is 2.37. The van der Waals surface area contributed by atoms with E-state index in [4.69, 9.17) is 9.26 Å². The summed E-state index contributed by atoms with van der Waals surface area (Å²) in [4.78, 5) is 4.63. The summed E-state index contributed by atoms with van der Waals surface area (Å²) in [5.74, 6) is 1.84. The molecular weight excluding hydrogens is 242 g/mol. The third-order valence-electron chi connectivity index (χ3n) is 4.19. The lowest BCUT2D eigenvalue weighted by Crippen LogP contribution is -2.35. The zero-order valence-electron chi connectivity index (χ0n) is 12.6. The molecular formula is C14H25N3O2. The maximum atomic E-state index is 5.68. The average molecular weight is 267 g/mol. The van der Waals surface area contributed by atoms with Gasteiger partial charge in [-0.05, 0) is 39.7 Å². The summed E-state index contributed by atoms with van der Waals surface area (Å²) in [7, 11) is 0. The van der Waals surface area contributed by atoms with Crippen LogP contribution in [0.25, 0.3) is 0 Å². The lowest BCUT2D eigenvalue weighted by molar-refractivity contribution is -0.0221. The minimum absolute atomic E-state index is 0.0342. The minimum atomic E-state index is -0.499. The topological polar surface area (TPSA) is 60.2 Å². The Hall–Kier alpha value is -0.940. The van der Waals surface area contributed by atoms with E-state index in [0.29, 0.717) is 18.3 Å². The first-order chi connectivity index (χ1) is 8.92. The highest BCUT2D eigenvalue weighted by molar-refractivity contribution is 5.13. The molecule has 1 aliphatic heterocycles. The fraction of sp³-hybridized carbons (Fsp3) is 0.857. The molecule has 5 heteroatoms. The van der Waals surface area contributed by atoms with Crippen LogP contribution in [0.1, 0.15) is 52.8 Å². The Morgan fingerprint density at radius 1 is 1.47 bits per heavy atom. The maximum Gasteiger partial charge on any atom is 0.234 e. The smallest absolute Gasteiger partial charge is 0.234 e. The van der Waals surface area contributed by atoms with Crippen molar-refractivity contribution < 1.29 is 9.26 Å². The molecule has 1 aromatic rings. The summed E-state index contributed by atoms with van der Waals surface area (Å²) < 4.78 is 11.2. The van der Waals surface area contributed by atoms with Gasteiger partial charge in [0.1, 0.15) is 5.60 Å². The van der Waals surface area contributed by atoms with Gasteiger partial charge in [-0.25, -0.2) is 0 Å². The normalized spacial score (nSPS) is 24.3. The second-order valence-corrected chi connectivity index (χ2v) is 6.10. The van der Waals surface area contributed by atoms with Crippen LogP contribution < -0.4 is 5.32 Å². The molecule has 0 aromatic carbocycles.